The topological polar surface area (TPSA) is 33.1 Å². The molecule has 0 aliphatic rings. The molecule has 0 fully saturated rings. The lowest BCUT2D eigenvalue weighted by molar-refractivity contribution is 0.297. The van der Waals surface area contributed by atoms with Gasteiger partial charge in [0.15, 0.2) is 0 Å². The quantitative estimate of drug-likeness (QED) is 0.748. The molecule has 0 radical (unpaired) electrons. The van der Waals surface area contributed by atoms with Crippen molar-refractivity contribution in [3.8, 4) is 0 Å². The lowest BCUT2D eigenvalue weighted by Crippen LogP contribution is -2.27. The molecule has 0 spiro atoms. The Kier molecular flexibility index (Phi) is 12.8. The highest BCUT2D eigenvalue weighted by atomic mass is 35.5. The van der Waals surface area contributed by atoms with Crippen LogP contribution in [0.25, 0.3) is 0 Å². The van der Waals surface area contributed by atoms with Gasteiger partial charge in [-0.05, 0) is 45.1 Å². The van der Waals surface area contributed by atoms with Gasteiger partial charge in [-0.15, -0.1) is 24.8 Å². The summed E-state index contributed by atoms with van der Waals surface area (Å²) in [4.78, 5) is 2.46. The van der Waals surface area contributed by atoms with Gasteiger partial charge in [-0.3, -0.25) is 4.68 Å². The highest BCUT2D eigenvalue weighted by Gasteiger charge is 2.03. The van der Waals surface area contributed by atoms with Crippen LogP contribution >= 0.6 is 24.8 Å². The third-order valence-corrected chi connectivity index (χ3v) is 3.29. The Morgan fingerprint density at radius 1 is 1.26 bits per heavy atom. The molecule has 1 heterocycles. The second-order valence-corrected chi connectivity index (χ2v) is 4.46. The van der Waals surface area contributed by atoms with Crippen LogP contribution in [0.3, 0.4) is 0 Å². The van der Waals surface area contributed by atoms with E-state index in [4.69, 9.17) is 0 Å². The Labute approximate surface area is 129 Å². The predicted molar refractivity (Wildman–Crippen MR) is 86.6 cm³/mol. The van der Waals surface area contributed by atoms with Crippen molar-refractivity contribution in [2.24, 2.45) is 7.05 Å². The first kappa shape index (κ1) is 21.0. The van der Waals surface area contributed by atoms with E-state index in [1.54, 1.807) is 0 Å². The first-order valence-electron chi connectivity index (χ1n) is 6.59. The van der Waals surface area contributed by atoms with Crippen molar-refractivity contribution in [3.05, 3.63) is 17.5 Å². The Balaban J connectivity index is 0. The summed E-state index contributed by atoms with van der Waals surface area (Å²) in [6.07, 6.45) is 3.13. The molecule has 1 aromatic heterocycles. The van der Waals surface area contributed by atoms with Gasteiger partial charge in [0.1, 0.15) is 0 Å². The standard InChI is InChI=1S/C13H26N4.2ClH/c1-5-17(6-2)9-7-8-14-11-13-12(3)10-15-16(13)4;;/h10,14H,5-9,11H2,1-4H3;2*1H. The second-order valence-electron chi connectivity index (χ2n) is 4.46. The summed E-state index contributed by atoms with van der Waals surface area (Å²) < 4.78 is 1.95. The van der Waals surface area contributed by atoms with Gasteiger partial charge in [0.25, 0.3) is 0 Å². The number of rotatable bonds is 8. The fourth-order valence-electron chi connectivity index (χ4n) is 2.00. The molecule has 0 unspecified atom stereocenters. The van der Waals surface area contributed by atoms with Crippen molar-refractivity contribution in [1.29, 1.82) is 0 Å². The highest BCUT2D eigenvalue weighted by Crippen LogP contribution is 2.04. The molecule has 1 rings (SSSR count). The Hall–Kier alpha value is -0.290. The van der Waals surface area contributed by atoms with Gasteiger partial charge in [0.05, 0.1) is 11.9 Å². The van der Waals surface area contributed by atoms with Gasteiger partial charge >= 0.3 is 0 Å². The molecular weight excluding hydrogens is 283 g/mol. The third-order valence-electron chi connectivity index (χ3n) is 3.29. The third kappa shape index (κ3) is 7.16. The van der Waals surface area contributed by atoms with E-state index in [1.807, 2.05) is 17.9 Å². The van der Waals surface area contributed by atoms with Crippen LogP contribution in [0.1, 0.15) is 31.5 Å². The number of hydrogen-bond acceptors (Lipinski definition) is 3. The molecule has 1 N–H and O–H groups in total. The number of nitrogens with one attached hydrogen (secondary N) is 1. The molecule has 19 heavy (non-hydrogen) atoms. The van der Waals surface area contributed by atoms with E-state index in [0.29, 0.717) is 0 Å². The Bertz CT molecular complexity index is 305. The Morgan fingerprint density at radius 3 is 2.37 bits per heavy atom. The largest absolute Gasteiger partial charge is 0.311 e. The molecular formula is C13H28Cl2N4. The molecule has 0 saturated carbocycles. The minimum atomic E-state index is 0. The minimum Gasteiger partial charge on any atom is -0.311 e. The van der Waals surface area contributed by atoms with Gasteiger partial charge in [0, 0.05) is 13.6 Å². The van der Waals surface area contributed by atoms with E-state index in [9.17, 15) is 0 Å². The second kappa shape index (κ2) is 11.5. The van der Waals surface area contributed by atoms with Gasteiger partial charge < -0.3 is 10.2 Å². The van der Waals surface area contributed by atoms with E-state index in [2.05, 4.69) is 36.1 Å². The first-order chi connectivity index (χ1) is 8.19. The SMILES string of the molecule is CCN(CC)CCCNCc1c(C)cnn1C.Cl.Cl. The zero-order valence-electron chi connectivity index (χ0n) is 12.5. The van der Waals surface area contributed by atoms with Crippen molar-refractivity contribution in [3.63, 3.8) is 0 Å². The van der Waals surface area contributed by atoms with Crippen LogP contribution in [0.5, 0.6) is 0 Å². The summed E-state index contributed by atoms with van der Waals surface area (Å²) in [5.74, 6) is 0. The van der Waals surface area contributed by atoms with Gasteiger partial charge in [0.2, 0.25) is 0 Å². The summed E-state index contributed by atoms with van der Waals surface area (Å²) in [6, 6.07) is 0. The number of aryl methyl sites for hydroxylation is 2. The summed E-state index contributed by atoms with van der Waals surface area (Å²) >= 11 is 0. The van der Waals surface area contributed by atoms with Gasteiger partial charge in [-0.25, -0.2) is 0 Å². The number of aromatic nitrogens is 2. The van der Waals surface area contributed by atoms with Gasteiger partial charge in [-0.1, -0.05) is 13.8 Å². The summed E-state index contributed by atoms with van der Waals surface area (Å²) in [6.45, 7) is 12.0. The minimum absolute atomic E-state index is 0. The monoisotopic (exact) mass is 310 g/mol. The number of nitrogens with zero attached hydrogens (tertiary/aromatic N) is 3. The molecule has 0 atom stereocenters. The van der Waals surface area contributed by atoms with Crippen LogP contribution in [0, 0.1) is 6.92 Å². The van der Waals surface area contributed by atoms with Crippen LogP contribution in [0.15, 0.2) is 6.20 Å². The van der Waals surface area contributed by atoms with Crippen molar-refractivity contribution in [1.82, 2.24) is 20.0 Å². The Morgan fingerprint density at radius 2 is 1.89 bits per heavy atom. The average Bonchev–Trinajstić information content (AvgIpc) is 2.65. The summed E-state index contributed by atoms with van der Waals surface area (Å²) in [7, 11) is 2.00. The number of halogens is 2. The van der Waals surface area contributed by atoms with Crippen molar-refractivity contribution in [2.45, 2.75) is 33.7 Å². The van der Waals surface area contributed by atoms with Crippen molar-refractivity contribution in [2.75, 3.05) is 26.2 Å². The molecule has 114 valence electrons. The van der Waals surface area contributed by atoms with E-state index < -0.39 is 0 Å². The molecule has 0 amide bonds. The fourth-order valence-corrected chi connectivity index (χ4v) is 2.00. The molecule has 0 aliphatic carbocycles. The molecule has 1 aromatic rings. The zero-order valence-corrected chi connectivity index (χ0v) is 14.1. The fraction of sp³-hybridized carbons (Fsp3) is 0.769. The molecule has 0 aliphatic heterocycles. The zero-order chi connectivity index (χ0) is 12.7. The molecule has 0 bridgehead atoms. The van der Waals surface area contributed by atoms with Crippen LogP contribution in [-0.2, 0) is 13.6 Å². The first-order valence-corrected chi connectivity index (χ1v) is 6.59. The average molecular weight is 311 g/mol. The molecule has 0 saturated heterocycles. The smallest absolute Gasteiger partial charge is 0.0547 e. The van der Waals surface area contributed by atoms with Crippen LogP contribution in [0.4, 0.5) is 0 Å². The summed E-state index contributed by atoms with van der Waals surface area (Å²) in [5, 5.41) is 7.72. The van der Waals surface area contributed by atoms with E-state index in [1.165, 1.54) is 24.2 Å². The van der Waals surface area contributed by atoms with Crippen molar-refractivity contribution >= 4 is 24.8 Å². The lowest BCUT2D eigenvalue weighted by atomic mass is 10.2. The normalized spacial score (nSPS) is 10.2. The highest BCUT2D eigenvalue weighted by molar-refractivity contribution is 5.85. The van der Waals surface area contributed by atoms with E-state index in [0.717, 1.165) is 26.2 Å². The maximum absolute atomic E-state index is 4.24. The van der Waals surface area contributed by atoms with Crippen LogP contribution < -0.4 is 5.32 Å². The molecule has 6 heteroatoms. The predicted octanol–water partition coefficient (Wildman–Crippen LogP) is 2.39. The van der Waals surface area contributed by atoms with Gasteiger partial charge in [-0.2, -0.15) is 5.10 Å². The lowest BCUT2D eigenvalue weighted by Gasteiger charge is -2.17. The maximum Gasteiger partial charge on any atom is 0.0547 e. The number of hydrogen-bond donors (Lipinski definition) is 1. The molecule has 0 aromatic carbocycles. The van der Waals surface area contributed by atoms with Crippen molar-refractivity contribution < 1.29 is 0 Å². The van der Waals surface area contributed by atoms with Crippen LogP contribution in [-0.4, -0.2) is 40.9 Å². The maximum atomic E-state index is 4.24. The van der Waals surface area contributed by atoms with E-state index >= 15 is 0 Å². The summed E-state index contributed by atoms with van der Waals surface area (Å²) in [5.41, 5.74) is 2.55. The van der Waals surface area contributed by atoms with E-state index in [-0.39, 0.29) is 24.8 Å². The molecule has 4 nitrogen and oxygen atoms in total. The van der Waals surface area contributed by atoms with Crippen LogP contribution in [0.2, 0.25) is 0 Å².